The highest BCUT2D eigenvalue weighted by atomic mass is 16.5. The van der Waals surface area contributed by atoms with Crippen molar-refractivity contribution in [2.45, 2.75) is 6.92 Å². The molecule has 0 bridgehead atoms. The van der Waals surface area contributed by atoms with Gasteiger partial charge < -0.3 is 4.74 Å². The predicted octanol–water partition coefficient (Wildman–Crippen LogP) is 2.64. The van der Waals surface area contributed by atoms with Crippen molar-refractivity contribution >= 4 is 16.8 Å². The van der Waals surface area contributed by atoms with Crippen molar-refractivity contribution in [3.63, 3.8) is 0 Å². The van der Waals surface area contributed by atoms with Gasteiger partial charge in [-0.3, -0.25) is 9.97 Å². The zero-order valence-electron chi connectivity index (χ0n) is 8.60. The van der Waals surface area contributed by atoms with Crippen LogP contribution >= 0.6 is 0 Å². The minimum atomic E-state index is 0.610. The van der Waals surface area contributed by atoms with Crippen LogP contribution in [-0.2, 0) is 4.74 Å². The van der Waals surface area contributed by atoms with Crippen molar-refractivity contribution in [1.29, 1.82) is 0 Å². The lowest BCUT2D eigenvalue weighted by Crippen LogP contribution is -1.92. The first-order chi connectivity index (χ1) is 7.31. The summed E-state index contributed by atoms with van der Waals surface area (Å²) in [5.74, 6) is 0.637. The number of ether oxygens (including phenoxy) is 1. The second-order valence-corrected chi connectivity index (χ2v) is 3.12. The van der Waals surface area contributed by atoms with Crippen LogP contribution in [0, 0.1) is 0 Å². The molecule has 0 fully saturated rings. The SMILES string of the molecule is C=C(OCC)c1cnc2cccnc2c1. The largest absolute Gasteiger partial charge is 0.494 e. The molecule has 0 amide bonds. The second kappa shape index (κ2) is 4.09. The lowest BCUT2D eigenvalue weighted by Gasteiger charge is -2.06. The monoisotopic (exact) mass is 200 g/mol. The van der Waals surface area contributed by atoms with E-state index >= 15 is 0 Å². The molecule has 0 N–H and O–H groups in total. The van der Waals surface area contributed by atoms with E-state index in [2.05, 4.69) is 16.5 Å². The molecular weight excluding hydrogens is 188 g/mol. The third-order valence-corrected chi connectivity index (χ3v) is 2.09. The zero-order chi connectivity index (χ0) is 10.7. The highest BCUT2D eigenvalue weighted by molar-refractivity contribution is 5.77. The number of pyridine rings is 2. The molecule has 0 aliphatic rings. The number of hydrogen-bond acceptors (Lipinski definition) is 3. The Kier molecular flexibility index (Phi) is 2.63. The van der Waals surface area contributed by atoms with Crippen LogP contribution in [0.15, 0.2) is 37.2 Å². The van der Waals surface area contributed by atoms with Crippen LogP contribution < -0.4 is 0 Å². The van der Waals surface area contributed by atoms with Crippen molar-refractivity contribution < 1.29 is 4.74 Å². The van der Waals surface area contributed by atoms with E-state index in [9.17, 15) is 0 Å². The van der Waals surface area contributed by atoms with Crippen LogP contribution in [-0.4, -0.2) is 16.6 Å². The maximum Gasteiger partial charge on any atom is 0.120 e. The summed E-state index contributed by atoms with van der Waals surface area (Å²) in [6.45, 7) is 6.37. The van der Waals surface area contributed by atoms with Gasteiger partial charge in [-0.2, -0.15) is 0 Å². The summed E-state index contributed by atoms with van der Waals surface area (Å²) in [6, 6.07) is 5.72. The van der Waals surface area contributed by atoms with Crippen molar-refractivity contribution in [3.8, 4) is 0 Å². The van der Waals surface area contributed by atoms with Gasteiger partial charge in [0.05, 0.1) is 17.6 Å². The summed E-state index contributed by atoms with van der Waals surface area (Å²) < 4.78 is 5.31. The van der Waals surface area contributed by atoms with E-state index < -0.39 is 0 Å². The van der Waals surface area contributed by atoms with E-state index in [4.69, 9.17) is 4.74 Å². The molecule has 0 saturated carbocycles. The van der Waals surface area contributed by atoms with E-state index in [1.807, 2.05) is 25.1 Å². The van der Waals surface area contributed by atoms with Crippen molar-refractivity contribution in [2.75, 3.05) is 6.61 Å². The van der Waals surface area contributed by atoms with Crippen LogP contribution in [0.25, 0.3) is 16.8 Å². The summed E-state index contributed by atoms with van der Waals surface area (Å²) in [7, 11) is 0. The summed E-state index contributed by atoms with van der Waals surface area (Å²) in [5.41, 5.74) is 2.62. The molecule has 0 saturated heterocycles. The van der Waals surface area contributed by atoms with Crippen LogP contribution in [0.1, 0.15) is 12.5 Å². The summed E-state index contributed by atoms with van der Waals surface area (Å²) in [4.78, 5) is 8.51. The maximum atomic E-state index is 5.31. The quantitative estimate of drug-likeness (QED) is 0.714. The molecule has 2 rings (SSSR count). The predicted molar refractivity (Wildman–Crippen MR) is 60.2 cm³/mol. The van der Waals surface area contributed by atoms with Gasteiger partial charge in [0.1, 0.15) is 5.76 Å². The maximum absolute atomic E-state index is 5.31. The lowest BCUT2D eigenvalue weighted by molar-refractivity contribution is 0.299. The minimum absolute atomic E-state index is 0.610. The highest BCUT2D eigenvalue weighted by Gasteiger charge is 2.02. The lowest BCUT2D eigenvalue weighted by atomic mass is 10.2. The third kappa shape index (κ3) is 1.96. The van der Waals surface area contributed by atoms with E-state index in [1.54, 1.807) is 12.4 Å². The molecule has 3 heteroatoms. The smallest absolute Gasteiger partial charge is 0.120 e. The molecule has 0 radical (unpaired) electrons. The Morgan fingerprint density at radius 2 is 2.27 bits per heavy atom. The molecule has 2 heterocycles. The van der Waals surface area contributed by atoms with E-state index in [0.29, 0.717) is 12.4 Å². The van der Waals surface area contributed by atoms with Gasteiger partial charge in [0, 0.05) is 18.0 Å². The van der Waals surface area contributed by atoms with Crippen molar-refractivity contribution in [1.82, 2.24) is 9.97 Å². The van der Waals surface area contributed by atoms with Crippen LogP contribution in [0.5, 0.6) is 0 Å². The summed E-state index contributed by atoms with van der Waals surface area (Å²) in [6.07, 6.45) is 3.50. The zero-order valence-corrected chi connectivity index (χ0v) is 8.60. The fourth-order valence-electron chi connectivity index (χ4n) is 1.36. The fraction of sp³-hybridized carbons (Fsp3) is 0.167. The molecule has 0 aliphatic heterocycles. The topological polar surface area (TPSA) is 35.0 Å². The van der Waals surface area contributed by atoms with Crippen LogP contribution in [0.3, 0.4) is 0 Å². The molecule has 0 aliphatic carbocycles. The molecule has 0 aromatic carbocycles. The molecule has 2 aromatic rings. The Hall–Kier alpha value is -1.90. The van der Waals surface area contributed by atoms with Crippen LogP contribution in [0.2, 0.25) is 0 Å². The number of rotatable bonds is 3. The first-order valence-corrected chi connectivity index (χ1v) is 4.84. The van der Waals surface area contributed by atoms with Gasteiger partial charge >= 0.3 is 0 Å². The van der Waals surface area contributed by atoms with Gasteiger partial charge in [-0.15, -0.1) is 0 Å². The van der Waals surface area contributed by atoms with E-state index in [1.165, 1.54) is 0 Å². The number of fused-ring (bicyclic) bond motifs is 1. The summed E-state index contributed by atoms with van der Waals surface area (Å²) in [5, 5.41) is 0. The molecule has 0 unspecified atom stereocenters. The normalized spacial score (nSPS) is 10.2. The molecule has 0 atom stereocenters. The molecular formula is C12H12N2O. The van der Waals surface area contributed by atoms with Gasteiger partial charge in [-0.25, -0.2) is 0 Å². The second-order valence-electron chi connectivity index (χ2n) is 3.12. The third-order valence-electron chi connectivity index (χ3n) is 2.09. The number of aromatic nitrogens is 2. The van der Waals surface area contributed by atoms with Gasteiger partial charge in [0.25, 0.3) is 0 Å². The van der Waals surface area contributed by atoms with Gasteiger partial charge in [0.2, 0.25) is 0 Å². The Morgan fingerprint density at radius 1 is 1.40 bits per heavy atom. The van der Waals surface area contributed by atoms with Crippen molar-refractivity contribution in [2.24, 2.45) is 0 Å². The summed E-state index contributed by atoms with van der Waals surface area (Å²) >= 11 is 0. The van der Waals surface area contributed by atoms with Crippen LogP contribution in [0.4, 0.5) is 0 Å². The van der Waals surface area contributed by atoms with E-state index in [0.717, 1.165) is 16.6 Å². The molecule has 76 valence electrons. The minimum Gasteiger partial charge on any atom is -0.494 e. The Morgan fingerprint density at radius 3 is 3.07 bits per heavy atom. The average Bonchev–Trinajstić information content (AvgIpc) is 2.29. The Bertz CT molecular complexity index is 494. The Labute approximate surface area is 88.4 Å². The number of hydrogen-bond donors (Lipinski definition) is 0. The molecule has 2 aromatic heterocycles. The Balaban J connectivity index is 2.42. The van der Waals surface area contributed by atoms with Crippen molar-refractivity contribution in [3.05, 3.63) is 42.7 Å². The first-order valence-electron chi connectivity index (χ1n) is 4.84. The van der Waals surface area contributed by atoms with Gasteiger partial charge in [-0.05, 0) is 25.1 Å². The molecule has 3 nitrogen and oxygen atoms in total. The first kappa shape index (κ1) is 9.65. The fourth-order valence-corrected chi connectivity index (χ4v) is 1.36. The average molecular weight is 200 g/mol. The number of nitrogens with zero attached hydrogens (tertiary/aromatic N) is 2. The molecule has 15 heavy (non-hydrogen) atoms. The molecule has 0 spiro atoms. The van der Waals surface area contributed by atoms with Gasteiger partial charge in [0.15, 0.2) is 0 Å². The standard InChI is InChI=1S/C12H12N2O/c1-3-15-9(2)10-7-12-11(14-8-10)5-4-6-13-12/h4-8H,2-3H2,1H3. The van der Waals surface area contributed by atoms with Gasteiger partial charge in [-0.1, -0.05) is 6.58 Å². The van der Waals surface area contributed by atoms with E-state index in [-0.39, 0.29) is 0 Å². The highest BCUT2D eigenvalue weighted by Crippen LogP contribution is 2.16.